The highest BCUT2D eigenvalue weighted by atomic mass is 16.6. The number of carbonyl (C=O) groups is 2. The lowest BCUT2D eigenvalue weighted by molar-refractivity contribution is -0.385. The van der Waals surface area contributed by atoms with E-state index in [1.807, 2.05) is 0 Å². The van der Waals surface area contributed by atoms with E-state index in [2.05, 4.69) is 0 Å². The Balaban J connectivity index is 2.97. The maximum atomic E-state index is 11.4. The monoisotopic (exact) mass is 240 g/mol. The van der Waals surface area contributed by atoms with Crippen LogP contribution in [0.1, 0.15) is 10.4 Å². The zero-order valence-electron chi connectivity index (χ0n) is 8.36. The number of aliphatic hydroxyl groups is 1. The Labute approximate surface area is 94.6 Å². The molecule has 1 amide bonds. The van der Waals surface area contributed by atoms with Crippen molar-refractivity contribution < 1.29 is 24.7 Å². The molecule has 1 aromatic carbocycles. The molecule has 0 radical (unpaired) electrons. The van der Waals surface area contributed by atoms with Gasteiger partial charge in [-0.25, -0.2) is 4.79 Å². The fourth-order valence-corrected chi connectivity index (χ4v) is 1.09. The molecule has 90 valence electrons. The maximum absolute atomic E-state index is 11.4. The Kier molecular flexibility index (Phi) is 3.73. The minimum Gasteiger partial charge on any atom is -0.478 e. The molecular weight excluding hydrogens is 232 g/mol. The molecule has 0 heterocycles. The summed E-state index contributed by atoms with van der Waals surface area (Å²) in [6, 6.07) is 5.00. The summed E-state index contributed by atoms with van der Waals surface area (Å²) in [5.41, 5.74) is -0.791. The summed E-state index contributed by atoms with van der Waals surface area (Å²) in [6.07, 6.45) is -2.11. The van der Waals surface area contributed by atoms with Crippen molar-refractivity contribution in [2.75, 3.05) is 0 Å². The summed E-state index contributed by atoms with van der Waals surface area (Å²) >= 11 is 0. The van der Waals surface area contributed by atoms with Gasteiger partial charge in [0.05, 0.1) is 4.92 Å². The second-order valence-electron chi connectivity index (χ2n) is 2.99. The van der Waals surface area contributed by atoms with Crippen LogP contribution >= 0.6 is 0 Å². The van der Waals surface area contributed by atoms with Gasteiger partial charge in [-0.1, -0.05) is 12.1 Å². The van der Waals surface area contributed by atoms with Gasteiger partial charge in [-0.15, -0.1) is 0 Å². The normalized spacial score (nSPS) is 11.6. The summed E-state index contributed by atoms with van der Waals surface area (Å²) in [7, 11) is 0. The zero-order chi connectivity index (χ0) is 13.0. The van der Waals surface area contributed by atoms with Gasteiger partial charge in [0.2, 0.25) is 6.23 Å². The van der Waals surface area contributed by atoms with Gasteiger partial charge in [0, 0.05) is 6.07 Å². The van der Waals surface area contributed by atoms with Gasteiger partial charge in [-0.2, -0.15) is 0 Å². The molecule has 0 aliphatic heterocycles. The highest BCUT2D eigenvalue weighted by molar-refractivity contribution is 5.99. The number of nitro benzene ring substituents is 1. The van der Waals surface area contributed by atoms with Crippen molar-refractivity contribution in [3.63, 3.8) is 0 Å². The average Bonchev–Trinajstić information content (AvgIpc) is 2.28. The summed E-state index contributed by atoms with van der Waals surface area (Å²) in [5, 5.41) is 29.5. The van der Waals surface area contributed by atoms with E-state index in [4.69, 9.17) is 10.2 Å². The van der Waals surface area contributed by atoms with Gasteiger partial charge in [-0.3, -0.25) is 14.9 Å². The topological polar surface area (TPSA) is 130 Å². The molecule has 0 saturated carbocycles. The number of para-hydroxylation sites is 1. The highest BCUT2D eigenvalue weighted by Gasteiger charge is 2.23. The lowest BCUT2D eigenvalue weighted by Gasteiger charge is -2.08. The summed E-state index contributed by atoms with van der Waals surface area (Å²) in [6.45, 7) is 0. The number of carbonyl (C=O) groups excluding carboxylic acids is 1. The summed E-state index contributed by atoms with van der Waals surface area (Å²) in [4.78, 5) is 31.5. The Morgan fingerprint density at radius 3 is 2.47 bits per heavy atom. The molecule has 1 unspecified atom stereocenters. The van der Waals surface area contributed by atoms with Crippen molar-refractivity contribution in [1.82, 2.24) is 5.32 Å². The Hall–Kier alpha value is -2.48. The van der Waals surface area contributed by atoms with Crippen LogP contribution in [0.15, 0.2) is 24.3 Å². The van der Waals surface area contributed by atoms with Crippen LogP contribution in [-0.2, 0) is 4.79 Å². The van der Waals surface area contributed by atoms with Crippen molar-refractivity contribution in [3.05, 3.63) is 39.9 Å². The number of benzene rings is 1. The third-order valence-electron chi connectivity index (χ3n) is 1.85. The van der Waals surface area contributed by atoms with E-state index in [1.54, 1.807) is 5.32 Å². The third kappa shape index (κ3) is 2.98. The van der Waals surface area contributed by atoms with Crippen LogP contribution in [0.4, 0.5) is 5.69 Å². The predicted octanol–water partition coefficient (Wildman–Crippen LogP) is -0.272. The Morgan fingerprint density at radius 2 is 1.94 bits per heavy atom. The second-order valence-corrected chi connectivity index (χ2v) is 2.99. The molecule has 0 spiro atoms. The van der Waals surface area contributed by atoms with Gasteiger partial charge in [0.15, 0.2) is 0 Å². The second kappa shape index (κ2) is 5.03. The van der Waals surface area contributed by atoms with Crippen molar-refractivity contribution in [2.24, 2.45) is 0 Å². The van der Waals surface area contributed by atoms with Crippen LogP contribution in [0, 0.1) is 10.1 Å². The summed E-state index contributed by atoms with van der Waals surface area (Å²) < 4.78 is 0. The first-order valence-electron chi connectivity index (χ1n) is 4.38. The number of hydrogen-bond donors (Lipinski definition) is 3. The van der Waals surface area contributed by atoms with E-state index in [-0.39, 0.29) is 5.56 Å². The number of nitrogens with zero attached hydrogens (tertiary/aromatic N) is 1. The number of aliphatic carboxylic acids is 1. The molecule has 8 nitrogen and oxygen atoms in total. The number of aliphatic hydroxyl groups excluding tert-OH is 1. The molecule has 3 N–H and O–H groups in total. The molecule has 0 aromatic heterocycles. The lowest BCUT2D eigenvalue weighted by Crippen LogP contribution is -2.40. The van der Waals surface area contributed by atoms with Crippen LogP contribution in [-0.4, -0.2) is 33.2 Å². The number of rotatable bonds is 4. The first-order valence-corrected chi connectivity index (χ1v) is 4.38. The minimum absolute atomic E-state index is 0.321. The standard InChI is InChI=1S/C9H8N2O6/c12-7(10-8(13)9(14)15)5-3-1-2-4-6(5)11(16)17/h1-4,8,13H,(H,10,12)(H,14,15). The van der Waals surface area contributed by atoms with E-state index in [1.165, 1.54) is 12.1 Å². The Morgan fingerprint density at radius 1 is 1.35 bits per heavy atom. The largest absolute Gasteiger partial charge is 0.478 e. The Bertz CT molecular complexity index is 472. The third-order valence-corrected chi connectivity index (χ3v) is 1.85. The van der Waals surface area contributed by atoms with E-state index in [0.717, 1.165) is 12.1 Å². The summed E-state index contributed by atoms with van der Waals surface area (Å²) in [5.74, 6) is -2.69. The fourth-order valence-electron chi connectivity index (χ4n) is 1.09. The van der Waals surface area contributed by atoms with Gasteiger partial charge in [-0.05, 0) is 6.07 Å². The number of nitrogens with one attached hydrogen (secondary N) is 1. The van der Waals surface area contributed by atoms with E-state index < -0.39 is 28.7 Å². The molecule has 0 bridgehead atoms. The van der Waals surface area contributed by atoms with Gasteiger partial charge >= 0.3 is 5.97 Å². The number of carboxylic acids is 1. The number of nitro groups is 1. The van der Waals surface area contributed by atoms with E-state index in [0.29, 0.717) is 0 Å². The number of carboxylic acid groups (broad SMARTS) is 1. The highest BCUT2D eigenvalue weighted by Crippen LogP contribution is 2.17. The van der Waals surface area contributed by atoms with Crippen molar-refractivity contribution in [2.45, 2.75) is 6.23 Å². The average molecular weight is 240 g/mol. The molecular formula is C9H8N2O6. The molecule has 0 aliphatic rings. The molecule has 0 fully saturated rings. The first kappa shape index (κ1) is 12.6. The van der Waals surface area contributed by atoms with Crippen molar-refractivity contribution >= 4 is 17.6 Å². The quantitative estimate of drug-likeness (QED) is 0.377. The van der Waals surface area contributed by atoms with Crippen molar-refractivity contribution in [1.29, 1.82) is 0 Å². The smallest absolute Gasteiger partial charge is 0.353 e. The number of amides is 1. The number of hydrogen-bond acceptors (Lipinski definition) is 5. The van der Waals surface area contributed by atoms with Gasteiger partial charge < -0.3 is 15.5 Å². The van der Waals surface area contributed by atoms with Gasteiger partial charge in [0.25, 0.3) is 11.6 Å². The van der Waals surface area contributed by atoms with Crippen LogP contribution in [0.3, 0.4) is 0 Å². The molecule has 0 aliphatic carbocycles. The molecule has 0 saturated heterocycles. The van der Waals surface area contributed by atoms with Crippen LogP contribution in [0.5, 0.6) is 0 Å². The maximum Gasteiger partial charge on any atom is 0.353 e. The van der Waals surface area contributed by atoms with Gasteiger partial charge in [0.1, 0.15) is 5.56 Å². The first-order chi connectivity index (χ1) is 7.93. The van der Waals surface area contributed by atoms with Crippen LogP contribution in [0.2, 0.25) is 0 Å². The molecule has 17 heavy (non-hydrogen) atoms. The van der Waals surface area contributed by atoms with Crippen molar-refractivity contribution in [3.8, 4) is 0 Å². The molecule has 1 aromatic rings. The zero-order valence-corrected chi connectivity index (χ0v) is 8.36. The molecule has 1 atom stereocenters. The van der Waals surface area contributed by atoms with E-state index in [9.17, 15) is 19.7 Å². The fraction of sp³-hybridized carbons (Fsp3) is 0.111. The predicted molar refractivity (Wildman–Crippen MR) is 54.2 cm³/mol. The van der Waals surface area contributed by atoms with E-state index >= 15 is 0 Å². The molecule has 8 heteroatoms. The van der Waals surface area contributed by atoms with Crippen LogP contribution in [0.25, 0.3) is 0 Å². The minimum atomic E-state index is -2.11. The lowest BCUT2D eigenvalue weighted by atomic mass is 10.1. The van der Waals surface area contributed by atoms with Crippen LogP contribution < -0.4 is 5.32 Å². The SMILES string of the molecule is O=C(NC(O)C(=O)O)c1ccccc1[N+](=O)[O-]. The molecule has 1 rings (SSSR count).